The van der Waals surface area contributed by atoms with Gasteiger partial charge in [-0.3, -0.25) is 5.43 Å². The van der Waals surface area contributed by atoms with Crippen molar-refractivity contribution in [2.45, 2.75) is 33.6 Å². The van der Waals surface area contributed by atoms with Crippen LogP contribution in [0.1, 0.15) is 33.6 Å². The van der Waals surface area contributed by atoms with Gasteiger partial charge in [-0.05, 0) is 24.7 Å². The first-order valence-electron chi connectivity index (χ1n) is 7.22. The fourth-order valence-corrected chi connectivity index (χ4v) is 2.64. The molecule has 1 saturated heterocycles. The Labute approximate surface area is 119 Å². The van der Waals surface area contributed by atoms with Crippen LogP contribution in [-0.2, 0) is 0 Å². The molecule has 0 saturated carbocycles. The van der Waals surface area contributed by atoms with E-state index >= 15 is 0 Å². The van der Waals surface area contributed by atoms with E-state index in [-0.39, 0.29) is 0 Å². The first-order chi connectivity index (χ1) is 9.62. The summed E-state index contributed by atoms with van der Waals surface area (Å²) in [7, 11) is 0. The van der Waals surface area contributed by atoms with E-state index in [1.807, 2.05) is 6.92 Å². The number of anilines is 2. The minimum Gasteiger partial charge on any atom is -0.463 e. The Kier molecular flexibility index (Phi) is 4.94. The molecule has 0 radical (unpaired) electrons. The Balaban J connectivity index is 2.20. The van der Waals surface area contributed by atoms with E-state index in [0.717, 1.165) is 19.5 Å². The number of ether oxygens (including phenoxy) is 1. The van der Waals surface area contributed by atoms with Crippen molar-refractivity contribution in [2.24, 2.45) is 17.7 Å². The molecule has 0 bridgehead atoms. The lowest BCUT2D eigenvalue weighted by Crippen LogP contribution is -2.40. The molecule has 1 aliphatic heterocycles. The van der Waals surface area contributed by atoms with Crippen LogP contribution in [0.3, 0.4) is 0 Å². The molecule has 0 amide bonds. The van der Waals surface area contributed by atoms with E-state index in [1.165, 1.54) is 6.42 Å². The summed E-state index contributed by atoms with van der Waals surface area (Å²) >= 11 is 0. The lowest BCUT2D eigenvalue weighted by molar-refractivity contribution is 0.290. The van der Waals surface area contributed by atoms with Crippen LogP contribution in [0.5, 0.6) is 6.01 Å². The van der Waals surface area contributed by atoms with E-state index in [1.54, 1.807) is 0 Å². The summed E-state index contributed by atoms with van der Waals surface area (Å²) < 4.78 is 5.50. The van der Waals surface area contributed by atoms with Crippen molar-refractivity contribution in [3.05, 3.63) is 0 Å². The Bertz CT molecular complexity index is 431. The number of piperidine rings is 1. The molecule has 2 heterocycles. The zero-order valence-electron chi connectivity index (χ0n) is 12.5. The topological polar surface area (TPSA) is 89.2 Å². The molecule has 7 heteroatoms. The van der Waals surface area contributed by atoms with Gasteiger partial charge in [0.05, 0.1) is 6.61 Å². The maximum atomic E-state index is 5.50. The molecule has 0 aliphatic carbocycles. The summed E-state index contributed by atoms with van der Waals surface area (Å²) in [5.41, 5.74) is 2.48. The molecular formula is C13H24N6O. The smallest absolute Gasteiger partial charge is 0.323 e. The molecule has 20 heavy (non-hydrogen) atoms. The zero-order chi connectivity index (χ0) is 14.5. The van der Waals surface area contributed by atoms with Gasteiger partial charge in [-0.25, -0.2) is 5.84 Å². The minimum atomic E-state index is 0.329. The van der Waals surface area contributed by atoms with Crippen molar-refractivity contribution in [3.8, 4) is 6.01 Å². The van der Waals surface area contributed by atoms with Crippen molar-refractivity contribution >= 4 is 11.9 Å². The Morgan fingerprint density at radius 1 is 1.25 bits per heavy atom. The second kappa shape index (κ2) is 6.69. The van der Waals surface area contributed by atoms with Crippen molar-refractivity contribution in [3.63, 3.8) is 0 Å². The normalized spacial score (nSPS) is 22.7. The molecule has 2 rings (SSSR count). The van der Waals surface area contributed by atoms with Crippen LogP contribution >= 0.6 is 0 Å². The van der Waals surface area contributed by atoms with Crippen molar-refractivity contribution in [2.75, 3.05) is 30.0 Å². The van der Waals surface area contributed by atoms with Gasteiger partial charge >= 0.3 is 6.01 Å². The van der Waals surface area contributed by atoms with Crippen molar-refractivity contribution in [1.29, 1.82) is 0 Å². The average molecular weight is 280 g/mol. The molecule has 2 atom stereocenters. The largest absolute Gasteiger partial charge is 0.463 e. The molecule has 1 aliphatic rings. The second-order valence-corrected chi connectivity index (χ2v) is 5.59. The number of nitrogens with zero attached hydrogens (tertiary/aromatic N) is 4. The number of hydrogen-bond acceptors (Lipinski definition) is 7. The van der Waals surface area contributed by atoms with E-state index in [4.69, 9.17) is 10.6 Å². The van der Waals surface area contributed by atoms with Crippen LogP contribution in [0, 0.1) is 11.8 Å². The van der Waals surface area contributed by atoms with Gasteiger partial charge in [-0.2, -0.15) is 15.0 Å². The number of rotatable bonds is 5. The van der Waals surface area contributed by atoms with E-state index in [0.29, 0.717) is 36.3 Å². The molecule has 1 aromatic rings. The summed E-state index contributed by atoms with van der Waals surface area (Å²) in [5.74, 6) is 7.66. The predicted molar refractivity (Wildman–Crippen MR) is 78.6 cm³/mol. The number of hydrazine groups is 1. The summed E-state index contributed by atoms with van der Waals surface area (Å²) in [6, 6.07) is 0.329. The number of nitrogen functional groups attached to an aromatic ring is 1. The fourth-order valence-electron chi connectivity index (χ4n) is 2.64. The maximum absolute atomic E-state index is 5.50. The molecule has 112 valence electrons. The van der Waals surface area contributed by atoms with E-state index < -0.39 is 0 Å². The van der Waals surface area contributed by atoms with E-state index in [9.17, 15) is 0 Å². The quantitative estimate of drug-likeness (QED) is 0.623. The highest BCUT2D eigenvalue weighted by Gasteiger charge is 2.24. The number of aromatic nitrogens is 3. The molecule has 1 aromatic heterocycles. The highest BCUT2D eigenvalue weighted by molar-refractivity contribution is 5.38. The molecular weight excluding hydrogens is 256 g/mol. The van der Waals surface area contributed by atoms with Gasteiger partial charge < -0.3 is 9.64 Å². The molecule has 0 aromatic carbocycles. The van der Waals surface area contributed by atoms with Gasteiger partial charge in [0.15, 0.2) is 0 Å². The summed E-state index contributed by atoms with van der Waals surface area (Å²) in [5, 5.41) is 0. The van der Waals surface area contributed by atoms with Gasteiger partial charge in [0, 0.05) is 13.1 Å². The maximum Gasteiger partial charge on any atom is 0.323 e. The van der Waals surface area contributed by atoms with Crippen molar-refractivity contribution < 1.29 is 4.74 Å². The van der Waals surface area contributed by atoms with Crippen LogP contribution in [0.25, 0.3) is 0 Å². The summed E-state index contributed by atoms with van der Waals surface area (Å²) in [6.07, 6.45) is 2.15. The van der Waals surface area contributed by atoms with Gasteiger partial charge in [0.25, 0.3) is 0 Å². The first kappa shape index (κ1) is 14.8. The molecule has 0 spiro atoms. The van der Waals surface area contributed by atoms with Gasteiger partial charge in [-0.15, -0.1) is 0 Å². The van der Waals surface area contributed by atoms with Gasteiger partial charge in [-0.1, -0.05) is 20.8 Å². The Hall–Kier alpha value is -1.63. The lowest BCUT2D eigenvalue weighted by atomic mass is 9.92. The number of hydrogen-bond donors (Lipinski definition) is 2. The van der Waals surface area contributed by atoms with Crippen LogP contribution in [0.2, 0.25) is 0 Å². The fraction of sp³-hybridized carbons (Fsp3) is 0.769. The molecule has 2 unspecified atom stereocenters. The third-order valence-electron chi connectivity index (χ3n) is 3.32. The standard InChI is InChI=1S/C13H24N6O/c1-4-5-20-13-16-11(18-14)15-12(17-13)19-7-9(2)6-10(3)8-19/h9-10H,4-8,14H2,1-3H3,(H,15,16,17,18). The number of nitrogens with one attached hydrogen (secondary N) is 1. The highest BCUT2D eigenvalue weighted by atomic mass is 16.5. The second-order valence-electron chi connectivity index (χ2n) is 5.59. The number of nitrogens with two attached hydrogens (primary N) is 1. The van der Waals surface area contributed by atoms with Crippen molar-refractivity contribution in [1.82, 2.24) is 15.0 Å². The SMILES string of the molecule is CCCOc1nc(NN)nc(N2CC(C)CC(C)C2)n1. The third-order valence-corrected chi connectivity index (χ3v) is 3.32. The zero-order valence-corrected chi connectivity index (χ0v) is 12.5. The summed E-state index contributed by atoms with van der Waals surface area (Å²) in [6.45, 7) is 9.02. The van der Waals surface area contributed by atoms with Crippen LogP contribution in [-0.4, -0.2) is 34.6 Å². The van der Waals surface area contributed by atoms with E-state index in [2.05, 4.69) is 39.1 Å². The molecule has 1 fully saturated rings. The van der Waals surface area contributed by atoms with Gasteiger partial charge in [0.2, 0.25) is 11.9 Å². The Morgan fingerprint density at radius 2 is 1.95 bits per heavy atom. The van der Waals surface area contributed by atoms with Crippen LogP contribution in [0.4, 0.5) is 11.9 Å². The summed E-state index contributed by atoms with van der Waals surface area (Å²) in [4.78, 5) is 15.0. The predicted octanol–water partition coefficient (Wildman–Crippen LogP) is 1.43. The average Bonchev–Trinajstić information content (AvgIpc) is 2.43. The Morgan fingerprint density at radius 3 is 2.55 bits per heavy atom. The van der Waals surface area contributed by atoms with Crippen LogP contribution in [0.15, 0.2) is 0 Å². The molecule has 7 nitrogen and oxygen atoms in total. The highest BCUT2D eigenvalue weighted by Crippen LogP contribution is 2.25. The monoisotopic (exact) mass is 280 g/mol. The third kappa shape index (κ3) is 3.69. The first-order valence-corrected chi connectivity index (χ1v) is 7.22. The lowest BCUT2D eigenvalue weighted by Gasteiger charge is -2.34. The minimum absolute atomic E-state index is 0.329. The van der Waals surface area contributed by atoms with Gasteiger partial charge in [0.1, 0.15) is 0 Å². The molecule has 3 N–H and O–H groups in total. The van der Waals surface area contributed by atoms with Crippen LogP contribution < -0.4 is 20.9 Å².